The minimum absolute atomic E-state index is 0.189. The highest BCUT2D eigenvalue weighted by Crippen LogP contribution is 1.98. The van der Waals surface area contributed by atoms with Crippen LogP contribution >= 0.6 is 0 Å². The van der Waals surface area contributed by atoms with Gasteiger partial charge in [-0.1, -0.05) is 6.92 Å². The predicted octanol–water partition coefficient (Wildman–Crippen LogP) is 0.650. The smallest absolute Gasteiger partial charge is 0.300 e. The van der Waals surface area contributed by atoms with Crippen molar-refractivity contribution in [2.24, 2.45) is 0 Å². The molecule has 6 nitrogen and oxygen atoms in total. The van der Waals surface area contributed by atoms with Crippen molar-refractivity contribution in [1.82, 2.24) is 19.2 Å². The number of carbonyl (C=O) groups is 1. The van der Waals surface area contributed by atoms with E-state index in [9.17, 15) is 9.59 Å². The standard InChI is InChI=1S/C11H14N4O2/c1-2-9(16)4-3-6-15-11(17)14-7-5-12-8-10(14)13-15/h5,7-8H,2-4,6H2,1H3. The Hall–Kier alpha value is -1.98. The minimum atomic E-state index is -0.189. The normalized spacial score (nSPS) is 10.9. The average Bonchev–Trinajstić information content (AvgIpc) is 2.67. The number of hydrogen-bond donors (Lipinski definition) is 0. The summed E-state index contributed by atoms with van der Waals surface area (Å²) in [5.74, 6) is 0.212. The van der Waals surface area contributed by atoms with Gasteiger partial charge in [0, 0.05) is 31.8 Å². The molecule has 0 unspecified atom stereocenters. The third kappa shape index (κ3) is 2.41. The molecule has 2 heterocycles. The van der Waals surface area contributed by atoms with Gasteiger partial charge in [0.05, 0.1) is 6.20 Å². The molecule has 0 radical (unpaired) electrons. The number of ketones is 1. The molecule has 0 aliphatic carbocycles. The third-order valence-corrected chi connectivity index (χ3v) is 2.61. The SMILES string of the molecule is CCC(=O)CCCn1nc2cnccn2c1=O. The topological polar surface area (TPSA) is 69.3 Å². The van der Waals surface area contributed by atoms with E-state index in [-0.39, 0.29) is 11.5 Å². The number of aryl methyl sites for hydroxylation is 1. The fraction of sp³-hybridized carbons (Fsp3) is 0.455. The molecule has 0 aromatic carbocycles. The molecule has 0 saturated heterocycles. The highest BCUT2D eigenvalue weighted by atomic mass is 16.2. The largest absolute Gasteiger partial charge is 0.350 e. The predicted molar refractivity (Wildman–Crippen MR) is 61.8 cm³/mol. The first-order valence-electron chi connectivity index (χ1n) is 5.63. The van der Waals surface area contributed by atoms with Gasteiger partial charge in [-0.05, 0) is 6.42 Å². The van der Waals surface area contributed by atoms with E-state index in [0.717, 1.165) is 0 Å². The van der Waals surface area contributed by atoms with Crippen molar-refractivity contribution in [2.75, 3.05) is 0 Å². The molecule has 0 atom stereocenters. The summed E-state index contributed by atoms with van der Waals surface area (Å²) >= 11 is 0. The Labute approximate surface area is 97.9 Å². The monoisotopic (exact) mass is 234 g/mol. The van der Waals surface area contributed by atoms with Crippen molar-refractivity contribution in [3.63, 3.8) is 0 Å². The molecule has 0 N–H and O–H groups in total. The summed E-state index contributed by atoms with van der Waals surface area (Å²) < 4.78 is 2.81. The van der Waals surface area contributed by atoms with Crippen LogP contribution < -0.4 is 5.69 Å². The fourth-order valence-electron chi connectivity index (χ4n) is 1.63. The van der Waals surface area contributed by atoms with Gasteiger partial charge in [0.1, 0.15) is 5.78 Å². The maximum Gasteiger partial charge on any atom is 0.350 e. The molecular weight excluding hydrogens is 220 g/mol. The van der Waals surface area contributed by atoms with E-state index in [1.165, 1.54) is 15.3 Å². The molecule has 0 saturated carbocycles. The maximum absolute atomic E-state index is 11.8. The van der Waals surface area contributed by atoms with E-state index in [0.29, 0.717) is 31.5 Å². The van der Waals surface area contributed by atoms with Crippen LogP contribution in [-0.2, 0) is 11.3 Å². The molecule has 0 amide bonds. The fourth-order valence-corrected chi connectivity index (χ4v) is 1.63. The Morgan fingerprint density at radius 1 is 1.47 bits per heavy atom. The molecule has 2 aromatic rings. The van der Waals surface area contributed by atoms with Crippen LogP contribution in [0.2, 0.25) is 0 Å². The molecule has 2 rings (SSSR count). The quantitative estimate of drug-likeness (QED) is 0.761. The summed E-state index contributed by atoms with van der Waals surface area (Å²) in [4.78, 5) is 26.9. The zero-order chi connectivity index (χ0) is 12.3. The first-order valence-corrected chi connectivity index (χ1v) is 5.63. The van der Waals surface area contributed by atoms with E-state index in [2.05, 4.69) is 10.1 Å². The first-order chi connectivity index (χ1) is 8.22. The number of aromatic nitrogens is 4. The average molecular weight is 234 g/mol. The third-order valence-electron chi connectivity index (χ3n) is 2.61. The van der Waals surface area contributed by atoms with Crippen LogP contribution in [0.3, 0.4) is 0 Å². The molecule has 0 aliphatic rings. The molecule has 17 heavy (non-hydrogen) atoms. The molecule has 0 spiro atoms. The maximum atomic E-state index is 11.8. The van der Waals surface area contributed by atoms with Gasteiger partial charge in [-0.3, -0.25) is 9.78 Å². The van der Waals surface area contributed by atoms with Gasteiger partial charge in [0.15, 0.2) is 5.65 Å². The molecule has 0 bridgehead atoms. The van der Waals surface area contributed by atoms with Gasteiger partial charge in [-0.15, -0.1) is 5.10 Å². The van der Waals surface area contributed by atoms with E-state index in [1.807, 2.05) is 6.92 Å². The van der Waals surface area contributed by atoms with Crippen molar-refractivity contribution >= 4 is 11.4 Å². The lowest BCUT2D eigenvalue weighted by atomic mass is 10.2. The Morgan fingerprint density at radius 2 is 2.29 bits per heavy atom. The van der Waals surface area contributed by atoms with E-state index in [1.54, 1.807) is 12.4 Å². The van der Waals surface area contributed by atoms with Crippen LogP contribution in [0.15, 0.2) is 23.4 Å². The van der Waals surface area contributed by atoms with Crippen LogP contribution in [0.1, 0.15) is 26.2 Å². The van der Waals surface area contributed by atoms with Crippen LogP contribution in [0.5, 0.6) is 0 Å². The van der Waals surface area contributed by atoms with Gasteiger partial charge in [-0.2, -0.15) is 0 Å². The van der Waals surface area contributed by atoms with Crippen LogP contribution in [0.4, 0.5) is 0 Å². The molecule has 0 aliphatic heterocycles. The summed E-state index contributed by atoms with van der Waals surface area (Å²) in [6.45, 7) is 2.30. The molecular formula is C11H14N4O2. The highest BCUT2D eigenvalue weighted by molar-refractivity contribution is 5.77. The Bertz CT molecular complexity index is 584. The number of hydrogen-bond acceptors (Lipinski definition) is 4. The lowest BCUT2D eigenvalue weighted by Crippen LogP contribution is -2.21. The Balaban J connectivity index is 2.11. The van der Waals surface area contributed by atoms with E-state index < -0.39 is 0 Å². The Morgan fingerprint density at radius 3 is 3.00 bits per heavy atom. The highest BCUT2D eigenvalue weighted by Gasteiger charge is 2.06. The van der Waals surface area contributed by atoms with Crippen LogP contribution in [0, 0.1) is 0 Å². The van der Waals surface area contributed by atoms with Crippen LogP contribution in [-0.4, -0.2) is 24.9 Å². The second-order valence-electron chi connectivity index (χ2n) is 3.81. The number of carbonyl (C=O) groups excluding carboxylic acids is 1. The zero-order valence-corrected chi connectivity index (χ0v) is 9.67. The lowest BCUT2D eigenvalue weighted by Gasteiger charge is -1.97. The van der Waals surface area contributed by atoms with Gasteiger partial charge >= 0.3 is 5.69 Å². The van der Waals surface area contributed by atoms with Crippen molar-refractivity contribution in [1.29, 1.82) is 0 Å². The van der Waals surface area contributed by atoms with Crippen molar-refractivity contribution in [3.8, 4) is 0 Å². The second kappa shape index (κ2) is 4.90. The molecule has 2 aromatic heterocycles. The minimum Gasteiger partial charge on any atom is -0.300 e. The summed E-state index contributed by atoms with van der Waals surface area (Å²) in [7, 11) is 0. The van der Waals surface area contributed by atoms with Crippen LogP contribution in [0.25, 0.3) is 5.65 Å². The molecule has 90 valence electrons. The zero-order valence-electron chi connectivity index (χ0n) is 9.67. The van der Waals surface area contributed by atoms with Gasteiger partial charge in [-0.25, -0.2) is 13.9 Å². The van der Waals surface area contributed by atoms with Crippen molar-refractivity contribution < 1.29 is 4.79 Å². The number of Topliss-reactive ketones (excluding diaryl/α,β-unsaturated/α-hetero) is 1. The second-order valence-corrected chi connectivity index (χ2v) is 3.81. The van der Waals surface area contributed by atoms with Gasteiger partial charge < -0.3 is 0 Å². The summed E-state index contributed by atoms with van der Waals surface area (Å²) in [5.41, 5.74) is 0.339. The Kier molecular flexibility index (Phi) is 3.32. The van der Waals surface area contributed by atoms with Gasteiger partial charge in [0.2, 0.25) is 0 Å². The summed E-state index contributed by atoms with van der Waals surface area (Å²) in [5, 5.41) is 4.13. The first kappa shape index (κ1) is 11.5. The summed E-state index contributed by atoms with van der Waals surface area (Å²) in [6.07, 6.45) is 6.34. The van der Waals surface area contributed by atoms with Gasteiger partial charge in [0.25, 0.3) is 0 Å². The van der Waals surface area contributed by atoms with E-state index in [4.69, 9.17) is 0 Å². The van der Waals surface area contributed by atoms with Crippen molar-refractivity contribution in [3.05, 3.63) is 29.1 Å². The molecule has 6 heteroatoms. The lowest BCUT2D eigenvalue weighted by molar-refractivity contribution is -0.118. The van der Waals surface area contributed by atoms with E-state index >= 15 is 0 Å². The van der Waals surface area contributed by atoms with Crippen molar-refractivity contribution in [2.45, 2.75) is 32.7 Å². The summed E-state index contributed by atoms with van der Waals surface area (Å²) in [6, 6.07) is 0. The number of rotatable bonds is 5. The molecule has 0 fully saturated rings. The number of fused-ring (bicyclic) bond motifs is 1. The number of nitrogens with zero attached hydrogens (tertiary/aromatic N) is 4.